The summed E-state index contributed by atoms with van der Waals surface area (Å²) in [7, 11) is 0. The first-order valence-electron chi connectivity index (χ1n) is 5.65. The van der Waals surface area contributed by atoms with Crippen LogP contribution in [0.1, 0.15) is 43.0 Å². The van der Waals surface area contributed by atoms with Crippen LogP contribution < -0.4 is 5.73 Å². The molecule has 0 radical (unpaired) electrons. The Labute approximate surface area is 109 Å². The molecule has 2 rings (SSSR count). The van der Waals surface area contributed by atoms with Gasteiger partial charge in [0, 0.05) is 0 Å². The molecule has 1 atom stereocenters. The Morgan fingerprint density at radius 1 is 1.44 bits per heavy atom. The zero-order valence-electron chi connectivity index (χ0n) is 9.37. The van der Waals surface area contributed by atoms with Gasteiger partial charge in [0.05, 0.1) is 15.4 Å². The fourth-order valence-corrected chi connectivity index (χ4v) is 3.56. The largest absolute Gasteiger partial charge is 0.383 e. The van der Waals surface area contributed by atoms with Crippen LogP contribution in [0.15, 0.2) is 4.47 Å². The van der Waals surface area contributed by atoms with Crippen LogP contribution in [0.3, 0.4) is 0 Å². The van der Waals surface area contributed by atoms with Crippen LogP contribution in [0.2, 0.25) is 0 Å². The van der Waals surface area contributed by atoms with Gasteiger partial charge in [-0.15, -0.1) is 0 Å². The number of nitrogens with zero attached hydrogens (tertiary/aromatic N) is 2. The zero-order valence-corrected chi connectivity index (χ0v) is 11.8. The number of aromatic nitrogens is 2. The SMILES string of the molecule is CCc1nc(C2CCCCS2)nc(N)c1Br. The van der Waals surface area contributed by atoms with Crippen molar-refractivity contribution in [3.63, 3.8) is 0 Å². The van der Waals surface area contributed by atoms with Crippen molar-refractivity contribution in [1.29, 1.82) is 0 Å². The fraction of sp³-hybridized carbons (Fsp3) is 0.636. The predicted molar refractivity (Wildman–Crippen MR) is 72.6 cm³/mol. The average Bonchev–Trinajstić information content (AvgIpc) is 2.33. The summed E-state index contributed by atoms with van der Waals surface area (Å²) in [4.78, 5) is 9.02. The van der Waals surface area contributed by atoms with Gasteiger partial charge in [0.15, 0.2) is 0 Å². The highest BCUT2D eigenvalue weighted by atomic mass is 79.9. The summed E-state index contributed by atoms with van der Waals surface area (Å²) >= 11 is 5.40. The van der Waals surface area contributed by atoms with E-state index in [4.69, 9.17) is 5.73 Å². The molecular weight excluding hydrogens is 286 g/mol. The van der Waals surface area contributed by atoms with Gasteiger partial charge < -0.3 is 5.73 Å². The average molecular weight is 302 g/mol. The Balaban J connectivity index is 2.29. The summed E-state index contributed by atoms with van der Waals surface area (Å²) in [5.74, 6) is 2.71. The molecule has 5 heteroatoms. The number of nitrogen functional groups attached to an aromatic ring is 1. The molecule has 2 N–H and O–H groups in total. The third-order valence-electron chi connectivity index (χ3n) is 2.77. The topological polar surface area (TPSA) is 51.8 Å². The maximum Gasteiger partial charge on any atom is 0.144 e. The van der Waals surface area contributed by atoms with Gasteiger partial charge in [-0.3, -0.25) is 0 Å². The molecule has 16 heavy (non-hydrogen) atoms. The van der Waals surface area contributed by atoms with Gasteiger partial charge in [-0.25, -0.2) is 9.97 Å². The van der Waals surface area contributed by atoms with Gasteiger partial charge in [-0.05, 0) is 40.9 Å². The molecular formula is C11H16BrN3S. The number of thioether (sulfide) groups is 1. The zero-order chi connectivity index (χ0) is 11.5. The van der Waals surface area contributed by atoms with E-state index in [0.29, 0.717) is 11.1 Å². The van der Waals surface area contributed by atoms with E-state index in [0.717, 1.165) is 22.4 Å². The van der Waals surface area contributed by atoms with E-state index in [2.05, 4.69) is 32.8 Å². The minimum absolute atomic E-state index is 0.439. The molecule has 1 saturated heterocycles. The summed E-state index contributed by atoms with van der Waals surface area (Å²) in [6.45, 7) is 2.09. The molecule has 0 saturated carbocycles. The Morgan fingerprint density at radius 2 is 2.25 bits per heavy atom. The number of nitrogens with two attached hydrogens (primary N) is 1. The predicted octanol–water partition coefficient (Wildman–Crippen LogP) is 3.34. The first-order valence-corrected chi connectivity index (χ1v) is 7.50. The minimum Gasteiger partial charge on any atom is -0.383 e. The van der Waals surface area contributed by atoms with E-state index >= 15 is 0 Å². The highest BCUT2D eigenvalue weighted by molar-refractivity contribution is 9.10. The standard InChI is InChI=1S/C11H16BrN3S/c1-2-7-9(12)10(13)15-11(14-7)8-5-3-4-6-16-8/h8H,2-6H2,1H3,(H2,13,14,15). The van der Waals surface area contributed by atoms with Crippen LogP contribution >= 0.6 is 27.7 Å². The van der Waals surface area contributed by atoms with E-state index in [1.54, 1.807) is 0 Å². The van der Waals surface area contributed by atoms with E-state index < -0.39 is 0 Å². The van der Waals surface area contributed by atoms with Crippen molar-refractivity contribution in [3.05, 3.63) is 16.0 Å². The first kappa shape index (κ1) is 12.2. The first-order chi connectivity index (χ1) is 7.72. The second-order valence-corrected chi connectivity index (χ2v) is 6.04. The molecule has 0 aromatic carbocycles. The van der Waals surface area contributed by atoms with Gasteiger partial charge in [-0.2, -0.15) is 11.8 Å². The number of anilines is 1. The lowest BCUT2D eigenvalue weighted by Gasteiger charge is -2.20. The van der Waals surface area contributed by atoms with Gasteiger partial charge in [0.2, 0.25) is 0 Å². The number of hydrogen-bond donors (Lipinski definition) is 1. The lowest BCUT2D eigenvalue weighted by Crippen LogP contribution is -2.10. The van der Waals surface area contributed by atoms with E-state index in [1.807, 2.05) is 11.8 Å². The van der Waals surface area contributed by atoms with Crippen LogP contribution in [-0.4, -0.2) is 15.7 Å². The minimum atomic E-state index is 0.439. The number of halogens is 1. The summed E-state index contributed by atoms with van der Waals surface area (Å²) in [6, 6.07) is 0. The van der Waals surface area contributed by atoms with Crippen LogP contribution in [0.25, 0.3) is 0 Å². The molecule has 1 unspecified atom stereocenters. The Bertz CT molecular complexity index is 378. The van der Waals surface area contributed by atoms with Crippen molar-refractivity contribution in [2.45, 2.75) is 37.9 Å². The lowest BCUT2D eigenvalue weighted by molar-refractivity contribution is 0.659. The Kier molecular flexibility index (Phi) is 4.08. The van der Waals surface area contributed by atoms with Crippen molar-refractivity contribution in [2.24, 2.45) is 0 Å². The quantitative estimate of drug-likeness (QED) is 0.910. The molecule has 0 amide bonds. The normalized spacial score (nSPS) is 21.0. The molecule has 88 valence electrons. The second-order valence-electron chi connectivity index (χ2n) is 3.94. The van der Waals surface area contributed by atoms with Crippen molar-refractivity contribution < 1.29 is 0 Å². The Morgan fingerprint density at radius 3 is 2.88 bits per heavy atom. The van der Waals surface area contributed by atoms with E-state index in [-0.39, 0.29) is 0 Å². The maximum absolute atomic E-state index is 5.90. The molecule has 1 aromatic heterocycles. The second kappa shape index (κ2) is 5.36. The lowest BCUT2D eigenvalue weighted by atomic mass is 10.1. The summed E-state index contributed by atoms with van der Waals surface area (Å²) in [5.41, 5.74) is 6.92. The molecule has 1 aliphatic rings. The summed E-state index contributed by atoms with van der Waals surface area (Å²) < 4.78 is 0.861. The van der Waals surface area contributed by atoms with Gasteiger partial charge in [-0.1, -0.05) is 13.3 Å². The highest BCUT2D eigenvalue weighted by Gasteiger charge is 2.20. The third-order valence-corrected chi connectivity index (χ3v) is 5.00. The molecule has 0 bridgehead atoms. The molecule has 3 nitrogen and oxygen atoms in total. The molecule has 2 heterocycles. The van der Waals surface area contributed by atoms with Gasteiger partial charge in [0.1, 0.15) is 11.6 Å². The van der Waals surface area contributed by atoms with Crippen LogP contribution in [0.5, 0.6) is 0 Å². The van der Waals surface area contributed by atoms with Crippen LogP contribution in [0.4, 0.5) is 5.82 Å². The maximum atomic E-state index is 5.90. The molecule has 1 aromatic rings. The Hall–Kier alpha value is -0.290. The van der Waals surface area contributed by atoms with Gasteiger partial charge >= 0.3 is 0 Å². The molecule has 1 fully saturated rings. The summed E-state index contributed by atoms with van der Waals surface area (Å²) in [6.07, 6.45) is 4.65. The smallest absolute Gasteiger partial charge is 0.144 e. The summed E-state index contributed by atoms with van der Waals surface area (Å²) in [5, 5.41) is 0.439. The fourth-order valence-electron chi connectivity index (χ4n) is 1.86. The van der Waals surface area contributed by atoms with E-state index in [1.165, 1.54) is 25.0 Å². The van der Waals surface area contributed by atoms with Gasteiger partial charge in [0.25, 0.3) is 0 Å². The number of rotatable bonds is 2. The van der Waals surface area contributed by atoms with Crippen molar-refractivity contribution in [2.75, 3.05) is 11.5 Å². The highest BCUT2D eigenvalue weighted by Crippen LogP contribution is 2.37. The third kappa shape index (κ3) is 2.51. The van der Waals surface area contributed by atoms with Crippen molar-refractivity contribution in [1.82, 2.24) is 9.97 Å². The number of hydrogen-bond acceptors (Lipinski definition) is 4. The molecule has 1 aliphatic heterocycles. The van der Waals surface area contributed by atoms with Crippen LogP contribution in [0, 0.1) is 0 Å². The van der Waals surface area contributed by atoms with Crippen molar-refractivity contribution in [3.8, 4) is 0 Å². The monoisotopic (exact) mass is 301 g/mol. The molecule has 0 spiro atoms. The number of aryl methyl sites for hydroxylation is 1. The van der Waals surface area contributed by atoms with Crippen molar-refractivity contribution >= 4 is 33.5 Å². The van der Waals surface area contributed by atoms with E-state index in [9.17, 15) is 0 Å². The van der Waals surface area contributed by atoms with Crippen LogP contribution in [-0.2, 0) is 6.42 Å². The molecule has 0 aliphatic carbocycles.